The monoisotopic (exact) mass is 338 g/mol. The first kappa shape index (κ1) is 20.8. The Bertz CT molecular complexity index is 174. The van der Waals surface area contributed by atoms with Gasteiger partial charge in [0.15, 0.2) is 0 Å². The highest BCUT2D eigenvalue weighted by Gasteiger charge is 2.00. The van der Waals surface area contributed by atoms with Gasteiger partial charge in [0.25, 0.3) is 0 Å². The van der Waals surface area contributed by atoms with Crippen LogP contribution in [0.1, 0.15) is 103 Å². The van der Waals surface area contributed by atoms with Gasteiger partial charge in [0.1, 0.15) is 0 Å². The Morgan fingerprint density at radius 2 is 0.800 bits per heavy atom. The maximum atomic E-state index is 5.84. The van der Waals surface area contributed by atoms with Gasteiger partial charge in [0.05, 0.1) is 0 Å². The van der Waals surface area contributed by atoms with E-state index in [4.69, 9.17) is 22.2 Å². The third-order valence-electron chi connectivity index (χ3n) is 4.03. The largest absolute Gasteiger partial charge is 0.237 e. The minimum absolute atomic E-state index is 1.10. The molecule has 0 saturated carbocycles. The van der Waals surface area contributed by atoms with Crippen LogP contribution in [0.15, 0.2) is 0 Å². The Balaban J connectivity index is 2.92. The molecule has 0 aromatic rings. The Kier molecular flexibility index (Phi) is 18.6. The zero-order chi connectivity index (χ0) is 14.9. The van der Waals surface area contributed by atoms with E-state index >= 15 is 0 Å². The lowest BCUT2D eigenvalue weighted by molar-refractivity contribution is 0.534. The van der Waals surface area contributed by atoms with Crippen LogP contribution in [-0.2, 0) is 0 Å². The van der Waals surface area contributed by atoms with Crippen LogP contribution in [-0.4, -0.2) is 7.42 Å². The summed E-state index contributed by atoms with van der Waals surface area (Å²) in [4.78, 5) is 0. The predicted molar refractivity (Wildman–Crippen MR) is 98.6 cm³/mol. The van der Waals surface area contributed by atoms with E-state index in [9.17, 15) is 0 Å². The van der Waals surface area contributed by atoms with E-state index in [1.165, 1.54) is 96.3 Å². The van der Waals surface area contributed by atoms with Gasteiger partial charge in [-0.3, -0.25) is 0 Å². The Labute approximate surface area is 139 Å². The van der Waals surface area contributed by atoms with E-state index in [1.807, 2.05) is 0 Å². The van der Waals surface area contributed by atoms with Crippen LogP contribution in [0, 0.1) is 0 Å². The molecule has 0 unspecified atom stereocenters. The lowest BCUT2D eigenvalue weighted by Gasteiger charge is -2.03. The molecule has 0 nitrogen and oxygen atoms in total. The summed E-state index contributed by atoms with van der Waals surface area (Å²) in [5.41, 5.74) is 0. The molecule has 0 bridgehead atoms. The Morgan fingerprint density at radius 3 is 1.10 bits per heavy atom. The van der Waals surface area contributed by atoms with Crippen LogP contribution in [0.25, 0.3) is 0 Å². The lowest BCUT2D eigenvalue weighted by atomic mass is 10.0. The summed E-state index contributed by atoms with van der Waals surface area (Å²) in [5.74, 6) is 0. The standard InChI is InChI=1S/C17H36Cl2Si/c1-2-3-4-5-6-7-8-9-10-11-12-13-14-15-16-17-20(18)19/h20H,2-17H2,1H3. The van der Waals surface area contributed by atoms with Crippen molar-refractivity contribution in [3.05, 3.63) is 0 Å². The third-order valence-corrected chi connectivity index (χ3v) is 6.18. The molecule has 0 atom stereocenters. The second-order valence-electron chi connectivity index (χ2n) is 6.13. The van der Waals surface area contributed by atoms with Crippen LogP contribution < -0.4 is 0 Å². The van der Waals surface area contributed by atoms with Crippen LogP contribution in [0.5, 0.6) is 0 Å². The number of unbranched alkanes of at least 4 members (excludes halogenated alkanes) is 14. The average Bonchev–Trinajstić information content (AvgIpc) is 2.43. The van der Waals surface area contributed by atoms with Crippen molar-refractivity contribution in [3.63, 3.8) is 0 Å². The molecule has 0 N–H and O–H groups in total. The lowest BCUT2D eigenvalue weighted by Crippen LogP contribution is -1.91. The molecule has 3 heteroatoms. The summed E-state index contributed by atoms with van der Waals surface area (Å²) in [5, 5.41) is 0. The van der Waals surface area contributed by atoms with E-state index in [0.29, 0.717) is 0 Å². The molecule has 0 aromatic heterocycles. The van der Waals surface area contributed by atoms with Crippen LogP contribution in [0.3, 0.4) is 0 Å². The maximum Gasteiger partial charge on any atom is 0.237 e. The maximum absolute atomic E-state index is 5.84. The molecule has 0 aromatic carbocycles. The van der Waals surface area contributed by atoms with Crippen LogP contribution in [0.4, 0.5) is 0 Å². The molecule has 0 rings (SSSR count). The summed E-state index contributed by atoms with van der Waals surface area (Å²) < 4.78 is 0. The van der Waals surface area contributed by atoms with E-state index in [2.05, 4.69) is 6.92 Å². The van der Waals surface area contributed by atoms with Gasteiger partial charge in [-0.1, -0.05) is 103 Å². The molecule has 0 amide bonds. The van der Waals surface area contributed by atoms with Crippen molar-refractivity contribution < 1.29 is 0 Å². The van der Waals surface area contributed by atoms with Crippen LogP contribution >= 0.6 is 22.2 Å². The van der Waals surface area contributed by atoms with E-state index in [0.717, 1.165) is 6.04 Å². The molecule has 0 saturated heterocycles. The molecule has 0 spiro atoms. The average molecular weight is 339 g/mol. The number of halogens is 2. The molecular formula is C17H36Cl2Si. The van der Waals surface area contributed by atoms with Gasteiger partial charge >= 0.3 is 0 Å². The molecule has 122 valence electrons. The van der Waals surface area contributed by atoms with E-state index < -0.39 is 7.42 Å². The first-order valence-corrected chi connectivity index (χ1v) is 13.4. The summed E-state index contributed by atoms with van der Waals surface area (Å²) >= 11 is 11.7. The molecular weight excluding hydrogens is 303 g/mol. The molecule has 0 radical (unpaired) electrons. The fraction of sp³-hybridized carbons (Fsp3) is 1.00. The SMILES string of the molecule is CCCCCCCCCCCCCCCCC[SiH](Cl)Cl. The van der Waals surface area contributed by atoms with Gasteiger partial charge in [-0.15, -0.1) is 0 Å². The molecule has 0 aliphatic rings. The summed E-state index contributed by atoms with van der Waals surface area (Å²) in [6, 6.07) is 1.10. The third kappa shape index (κ3) is 18.8. The van der Waals surface area contributed by atoms with Gasteiger partial charge in [0.2, 0.25) is 7.42 Å². The predicted octanol–water partition coefficient (Wildman–Crippen LogP) is 7.56. The molecule has 20 heavy (non-hydrogen) atoms. The normalized spacial score (nSPS) is 11.4. The van der Waals surface area contributed by atoms with Gasteiger partial charge in [-0.05, 0) is 6.04 Å². The molecule has 0 fully saturated rings. The first-order chi connectivity index (χ1) is 9.77. The second-order valence-corrected chi connectivity index (χ2v) is 11.3. The fourth-order valence-electron chi connectivity index (χ4n) is 2.67. The van der Waals surface area contributed by atoms with E-state index in [1.54, 1.807) is 0 Å². The highest BCUT2D eigenvalue weighted by molar-refractivity contribution is 7.33. The summed E-state index contributed by atoms with van der Waals surface area (Å²) in [7, 11) is -1.32. The molecule has 0 aliphatic heterocycles. The van der Waals surface area contributed by atoms with Crippen LogP contribution in [0.2, 0.25) is 6.04 Å². The van der Waals surface area contributed by atoms with Gasteiger partial charge in [-0.25, -0.2) is 0 Å². The Morgan fingerprint density at radius 1 is 0.500 bits per heavy atom. The minimum atomic E-state index is -1.32. The van der Waals surface area contributed by atoms with Crippen molar-refractivity contribution in [2.45, 2.75) is 109 Å². The van der Waals surface area contributed by atoms with Crippen molar-refractivity contribution in [1.29, 1.82) is 0 Å². The Hall–Kier alpha value is 0.797. The molecule has 0 heterocycles. The fourth-order valence-corrected chi connectivity index (χ4v) is 4.19. The molecule has 0 aliphatic carbocycles. The van der Waals surface area contributed by atoms with Crippen molar-refractivity contribution >= 4 is 29.6 Å². The smallest absolute Gasteiger partial charge is 0.150 e. The van der Waals surface area contributed by atoms with Gasteiger partial charge in [0, 0.05) is 0 Å². The van der Waals surface area contributed by atoms with Gasteiger partial charge < -0.3 is 0 Å². The zero-order valence-electron chi connectivity index (χ0n) is 13.6. The first-order valence-electron chi connectivity index (χ1n) is 9.05. The zero-order valence-corrected chi connectivity index (χ0v) is 16.3. The summed E-state index contributed by atoms with van der Waals surface area (Å²) in [6.07, 6.45) is 21.3. The minimum Gasteiger partial charge on any atom is -0.150 e. The summed E-state index contributed by atoms with van der Waals surface area (Å²) in [6.45, 7) is 2.29. The van der Waals surface area contributed by atoms with Crippen molar-refractivity contribution in [2.24, 2.45) is 0 Å². The van der Waals surface area contributed by atoms with Crippen molar-refractivity contribution in [2.75, 3.05) is 0 Å². The quantitative estimate of drug-likeness (QED) is 0.155. The van der Waals surface area contributed by atoms with Crippen molar-refractivity contribution in [1.82, 2.24) is 0 Å². The number of hydrogen-bond donors (Lipinski definition) is 0. The topological polar surface area (TPSA) is 0 Å². The van der Waals surface area contributed by atoms with E-state index in [-0.39, 0.29) is 0 Å². The second kappa shape index (κ2) is 17.8. The highest BCUT2D eigenvalue weighted by Crippen LogP contribution is 2.15. The number of hydrogen-bond acceptors (Lipinski definition) is 0. The highest BCUT2D eigenvalue weighted by atomic mass is 35.7. The van der Waals surface area contributed by atoms with Crippen molar-refractivity contribution in [3.8, 4) is 0 Å². The number of rotatable bonds is 16. The van der Waals surface area contributed by atoms with Gasteiger partial charge in [-0.2, -0.15) is 22.2 Å².